The Morgan fingerprint density at radius 3 is 0.778 bits per heavy atom. The summed E-state index contributed by atoms with van der Waals surface area (Å²) in [7, 11) is 0. The van der Waals surface area contributed by atoms with Gasteiger partial charge in [0, 0.05) is 19.3 Å². The van der Waals surface area contributed by atoms with Gasteiger partial charge in [0.15, 0.2) is 6.10 Å². The molecule has 0 spiro atoms. The summed E-state index contributed by atoms with van der Waals surface area (Å²) in [6.07, 6.45) is 74.3. The van der Waals surface area contributed by atoms with E-state index in [0.717, 1.165) is 70.6 Å². The molecule has 0 aliphatic rings. The van der Waals surface area contributed by atoms with Gasteiger partial charge in [-0.2, -0.15) is 0 Å². The van der Waals surface area contributed by atoms with Crippen molar-refractivity contribution in [2.45, 2.75) is 354 Å². The first-order chi connectivity index (χ1) is 35.5. The number of unbranched alkanes of at least 4 members (excludes halogenated alkanes) is 42. The van der Waals surface area contributed by atoms with Gasteiger partial charge in [-0.1, -0.05) is 288 Å². The molecule has 0 aromatic rings. The molecule has 0 bridgehead atoms. The molecule has 422 valence electrons. The fraction of sp³-hybridized carbons (Fsp3) is 0.864. The van der Waals surface area contributed by atoms with E-state index >= 15 is 0 Å². The van der Waals surface area contributed by atoms with Gasteiger partial charge in [0.2, 0.25) is 0 Å². The Labute approximate surface area is 448 Å². The lowest BCUT2D eigenvalue weighted by Gasteiger charge is -2.18. The zero-order chi connectivity index (χ0) is 52.2. The van der Waals surface area contributed by atoms with Crippen molar-refractivity contribution in [3.8, 4) is 0 Å². The molecule has 0 amide bonds. The molecular formula is C66H122O6. The molecule has 0 radical (unpaired) electrons. The van der Waals surface area contributed by atoms with Crippen molar-refractivity contribution in [3.63, 3.8) is 0 Å². The van der Waals surface area contributed by atoms with E-state index in [1.807, 2.05) is 0 Å². The summed E-state index contributed by atoms with van der Waals surface area (Å²) < 4.78 is 16.9. The highest BCUT2D eigenvalue weighted by Gasteiger charge is 2.19. The van der Waals surface area contributed by atoms with Gasteiger partial charge in [0.1, 0.15) is 13.2 Å². The second-order valence-corrected chi connectivity index (χ2v) is 21.7. The lowest BCUT2D eigenvalue weighted by atomic mass is 10.0. The molecule has 0 heterocycles. The first-order valence-electron chi connectivity index (χ1n) is 32.0. The molecule has 1 unspecified atom stereocenters. The topological polar surface area (TPSA) is 78.9 Å². The van der Waals surface area contributed by atoms with E-state index in [4.69, 9.17) is 14.2 Å². The van der Waals surface area contributed by atoms with E-state index in [0.29, 0.717) is 19.3 Å². The third kappa shape index (κ3) is 58.5. The van der Waals surface area contributed by atoms with Gasteiger partial charge in [0.25, 0.3) is 0 Å². The summed E-state index contributed by atoms with van der Waals surface area (Å²) in [6, 6.07) is 0. The number of ether oxygens (including phenoxy) is 3. The summed E-state index contributed by atoms with van der Waals surface area (Å²) in [5.74, 6) is -0.859. The van der Waals surface area contributed by atoms with Gasteiger partial charge < -0.3 is 14.2 Å². The van der Waals surface area contributed by atoms with Crippen LogP contribution < -0.4 is 0 Å². The lowest BCUT2D eigenvalue weighted by Crippen LogP contribution is -2.30. The normalized spacial score (nSPS) is 12.2. The molecule has 6 nitrogen and oxygen atoms in total. The SMILES string of the molecule is CCCCCCC/C=C\C/C=C\CCCCCCCCCCCCCC(=O)OCC(COC(=O)CCCCCCCCCCCCCCCCC)OC(=O)CCCCCCC/C=C\CCCCCCCCC. The minimum atomic E-state index is -0.775. The van der Waals surface area contributed by atoms with Crippen molar-refractivity contribution in [1.29, 1.82) is 0 Å². The van der Waals surface area contributed by atoms with Crippen LogP contribution >= 0.6 is 0 Å². The Balaban J connectivity index is 4.30. The van der Waals surface area contributed by atoms with Crippen LogP contribution in [0.1, 0.15) is 348 Å². The van der Waals surface area contributed by atoms with Gasteiger partial charge in [-0.25, -0.2) is 0 Å². The smallest absolute Gasteiger partial charge is 0.306 e. The summed E-state index contributed by atoms with van der Waals surface area (Å²) >= 11 is 0. The summed E-state index contributed by atoms with van der Waals surface area (Å²) in [5.41, 5.74) is 0. The third-order valence-electron chi connectivity index (χ3n) is 14.4. The van der Waals surface area contributed by atoms with E-state index in [2.05, 4.69) is 57.2 Å². The molecule has 0 saturated carbocycles. The van der Waals surface area contributed by atoms with Crippen molar-refractivity contribution in [1.82, 2.24) is 0 Å². The van der Waals surface area contributed by atoms with Crippen LogP contribution in [0.2, 0.25) is 0 Å². The number of hydrogen-bond donors (Lipinski definition) is 0. The third-order valence-corrected chi connectivity index (χ3v) is 14.4. The molecule has 72 heavy (non-hydrogen) atoms. The average Bonchev–Trinajstić information content (AvgIpc) is 3.38. The molecule has 1 atom stereocenters. The standard InChI is InChI=1S/C66H122O6/c1-4-7-10-13-16-19-22-25-28-30-31-32-33-34-35-36-39-41-44-47-50-53-56-59-65(68)71-62-63(61-70-64(67)58-55-52-49-46-43-40-37-27-24-21-18-15-12-9-6-3)72-66(69)60-57-54-51-48-45-42-38-29-26-23-20-17-14-11-8-5-2/h22,25,29-31,38,63H,4-21,23-24,26-28,32-37,39-62H2,1-3H3/b25-22-,31-30-,38-29-. The number of hydrogen-bond acceptors (Lipinski definition) is 6. The first kappa shape index (κ1) is 69.6. The van der Waals surface area contributed by atoms with E-state index in [1.165, 1.54) is 238 Å². The number of esters is 3. The van der Waals surface area contributed by atoms with Gasteiger partial charge >= 0.3 is 17.9 Å². The lowest BCUT2D eigenvalue weighted by molar-refractivity contribution is -0.167. The Kier molecular flexibility index (Phi) is 59.2. The van der Waals surface area contributed by atoms with Crippen molar-refractivity contribution < 1.29 is 28.6 Å². The summed E-state index contributed by atoms with van der Waals surface area (Å²) in [4.78, 5) is 38.3. The maximum atomic E-state index is 12.9. The Morgan fingerprint density at radius 1 is 0.278 bits per heavy atom. The van der Waals surface area contributed by atoms with Crippen LogP contribution in [0, 0.1) is 0 Å². The van der Waals surface area contributed by atoms with Crippen molar-refractivity contribution >= 4 is 17.9 Å². The summed E-state index contributed by atoms with van der Waals surface area (Å²) in [5, 5.41) is 0. The van der Waals surface area contributed by atoms with Gasteiger partial charge in [-0.15, -0.1) is 0 Å². The zero-order valence-corrected chi connectivity index (χ0v) is 48.5. The zero-order valence-electron chi connectivity index (χ0n) is 48.5. The number of rotatable bonds is 59. The molecule has 6 heteroatoms. The van der Waals surface area contributed by atoms with E-state index in [-0.39, 0.29) is 31.1 Å². The van der Waals surface area contributed by atoms with Crippen molar-refractivity contribution in [2.24, 2.45) is 0 Å². The molecule has 0 saturated heterocycles. The van der Waals surface area contributed by atoms with Crippen LogP contribution in [0.15, 0.2) is 36.5 Å². The molecule has 0 N–H and O–H groups in total. The Bertz CT molecular complexity index is 1210. The second kappa shape index (κ2) is 61.2. The predicted octanol–water partition coefficient (Wildman–Crippen LogP) is 21.6. The largest absolute Gasteiger partial charge is 0.462 e. The highest BCUT2D eigenvalue weighted by atomic mass is 16.6. The minimum absolute atomic E-state index is 0.0716. The highest BCUT2D eigenvalue weighted by molar-refractivity contribution is 5.71. The Morgan fingerprint density at radius 2 is 0.500 bits per heavy atom. The van der Waals surface area contributed by atoms with Crippen LogP contribution in [0.5, 0.6) is 0 Å². The minimum Gasteiger partial charge on any atom is -0.462 e. The fourth-order valence-corrected chi connectivity index (χ4v) is 9.53. The van der Waals surface area contributed by atoms with Crippen molar-refractivity contribution in [3.05, 3.63) is 36.5 Å². The number of allylic oxidation sites excluding steroid dienone is 6. The molecule has 0 aliphatic heterocycles. The van der Waals surface area contributed by atoms with Crippen LogP contribution in [-0.2, 0) is 28.6 Å². The molecular weight excluding hydrogens is 889 g/mol. The van der Waals surface area contributed by atoms with Crippen LogP contribution in [0.3, 0.4) is 0 Å². The van der Waals surface area contributed by atoms with Crippen LogP contribution in [0.25, 0.3) is 0 Å². The first-order valence-corrected chi connectivity index (χ1v) is 32.0. The van der Waals surface area contributed by atoms with Crippen molar-refractivity contribution in [2.75, 3.05) is 13.2 Å². The number of carbonyl (C=O) groups excluding carboxylic acids is 3. The fourth-order valence-electron chi connectivity index (χ4n) is 9.53. The second-order valence-electron chi connectivity index (χ2n) is 21.7. The predicted molar refractivity (Wildman–Crippen MR) is 312 cm³/mol. The Hall–Kier alpha value is -2.37. The molecule has 0 aromatic heterocycles. The van der Waals surface area contributed by atoms with Gasteiger partial charge in [0.05, 0.1) is 0 Å². The number of carbonyl (C=O) groups is 3. The van der Waals surface area contributed by atoms with Crippen LogP contribution in [-0.4, -0.2) is 37.2 Å². The van der Waals surface area contributed by atoms with Gasteiger partial charge in [-0.05, 0) is 77.0 Å². The van der Waals surface area contributed by atoms with E-state index in [9.17, 15) is 14.4 Å². The van der Waals surface area contributed by atoms with E-state index in [1.54, 1.807) is 0 Å². The van der Waals surface area contributed by atoms with Crippen LogP contribution in [0.4, 0.5) is 0 Å². The van der Waals surface area contributed by atoms with E-state index < -0.39 is 6.10 Å². The maximum absolute atomic E-state index is 12.9. The molecule has 0 fully saturated rings. The highest BCUT2D eigenvalue weighted by Crippen LogP contribution is 2.17. The maximum Gasteiger partial charge on any atom is 0.306 e. The van der Waals surface area contributed by atoms with Gasteiger partial charge in [-0.3, -0.25) is 14.4 Å². The monoisotopic (exact) mass is 1010 g/mol. The molecule has 0 rings (SSSR count). The summed E-state index contributed by atoms with van der Waals surface area (Å²) in [6.45, 7) is 6.68. The molecule has 0 aliphatic carbocycles. The molecule has 0 aromatic carbocycles. The average molecular weight is 1010 g/mol. The quantitative estimate of drug-likeness (QED) is 0.0261.